The minimum Gasteiger partial charge on any atom is -0.462 e. The van der Waals surface area contributed by atoms with E-state index in [1.54, 1.807) is 13.0 Å². The highest BCUT2D eigenvalue weighted by atomic mass is 32.2. The molecular weight excluding hydrogens is 360 g/mol. The summed E-state index contributed by atoms with van der Waals surface area (Å²) in [5, 5.41) is 12.3. The van der Waals surface area contributed by atoms with Gasteiger partial charge in [0.05, 0.1) is 17.9 Å². The van der Waals surface area contributed by atoms with Crippen molar-refractivity contribution >= 4 is 40.0 Å². The molecule has 7 nitrogen and oxygen atoms in total. The van der Waals surface area contributed by atoms with Gasteiger partial charge in [0.1, 0.15) is 10.8 Å². The Kier molecular flexibility index (Phi) is 7.01. The van der Waals surface area contributed by atoms with Crippen LogP contribution in [-0.2, 0) is 22.5 Å². The molecule has 0 aliphatic heterocycles. The summed E-state index contributed by atoms with van der Waals surface area (Å²) in [6, 6.07) is 1.73. The second-order valence-electron chi connectivity index (χ2n) is 5.15. The third-order valence-corrected chi connectivity index (χ3v) is 5.29. The average molecular weight is 383 g/mol. The molecule has 2 aromatic heterocycles. The Morgan fingerprint density at radius 2 is 2.08 bits per heavy atom. The van der Waals surface area contributed by atoms with Crippen molar-refractivity contribution in [2.24, 2.45) is 0 Å². The first-order valence-corrected chi connectivity index (χ1v) is 9.92. The minimum atomic E-state index is -0.423. The Hall–Kier alpha value is -1.87. The second-order valence-corrected chi connectivity index (χ2v) is 7.35. The Balaban J connectivity index is 2.01. The van der Waals surface area contributed by atoms with Gasteiger partial charge in [0.15, 0.2) is 5.16 Å². The van der Waals surface area contributed by atoms with Crippen LogP contribution in [0.5, 0.6) is 0 Å². The first-order valence-electron chi connectivity index (χ1n) is 8.12. The fraction of sp³-hybridized carbons (Fsp3) is 0.500. The summed E-state index contributed by atoms with van der Waals surface area (Å²) in [5.74, 6) is 0.485. The summed E-state index contributed by atoms with van der Waals surface area (Å²) < 4.78 is 7.03. The zero-order chi connectivity index (χ0) is 18.4. The number of thiophene rings is 1. The number of hydrogen-bond donors (Lipinski definition) is 1. The van der Waals surface area contributed by atoms with Gasteiger partial charge in [0, 0.05) is 17.8 Å². The van der Waals surface area contributed by atoms with Crippen molar-refractivity contribution in [2.75, 3.05) is 17.7 Å². The highest BCUT2D eigenvalue weighted by Gasteiger charge is 2.18. The quantitative estimate of drug-likeness (QED) is 0.558. The van der Waals surface area contributed by atoms with Crippen LogP contribution in [0, 0.1) is 6.92 Å². The SMILES string of the molecule is CCOC(=O)c1cc(C)sc1NC(=O)CSc1nnc(CC)n1CC. The van der Waals surface area contributed by atoms with Gasteiger partial charge in [0.25, 0.3) is 0 Å². The molecule has 0 bridgehead atoms. The summed E-state index contributed by atoms with van der Waals surface area (Å²) in [6.45, 7) is 8.73. The number of rotatable bonds is 8. The van der Waals surface area contributed by atoms with Gasteiger partial charge in [-0.15, -0.1) is 21.5 Å². The molecular formula is C16H22N4O3S2. The van der Waals surface area contributed by atoms with E-state index in [1.807, 2.05) is 25.3 Å². The zero-order valence-corrected chi connectivity index (χ0v) is 16.4. The number of aromatic nitrogens is 3. The maximum absolute atomic E-state index is 12.3. The third kappa shape index (κ3) is 4.82. The van der Waals surface area contributed by atoms with Gasteiger partial charge in [-0.05, 0) is 26.8 Å². The van der Waals surface area contributed by atoms with Gasteiger partial charge in [-0.25, -0.2) is 4.79 Å². The summed E-state index contributed by atoms with van der Waals surface area (Å²) in [4.78, 5) is 25.2. The Morgan fingerprint density at radius 3 is 2.72 bits per heavy atom. The highest BCUT2D eigenvalue weighted by Crippen LogP contribution is 2.28. The molecule has 0 spiro atoms. The van der Waals surface area contributed by atoms with E-state index in [2.05, 4.69) is 15.5 Å². The summed E-state index contributed by atoms with van der Waals surface area (Å²) in [5.41, 5.74) is 0.396. The predicted octanol–water partition coefficient (Wildman–Crippen LogP) is 3.14. The number of nitrogens with zero attached hydrogens (tertiary/aromatic N) is 3. The maximum atomic E-state index is 12.3. The molecule has 0 aromatic carbocycles. The molecule has 2 rings (SSSR count). The number of ether oxygens (including phenoxy) is 1. The van der Waals surface area contributed by atoms with Crippen molar-refractivity contribution in [1.82, 2.24) is 14.8 Å². The second kappa shape index (κ2) is 9.00. The number of esters is 1. The van der Waals surface area contributed by atoms with Crippen molar-refractivity contribution in [3.05, 3.63) is 22.3 Å². The molecule has 25 heavy (non-hydrogen) atoms. The summed E-state index contributed by atoms with van der Waals surface area (Å²) in [6.07, 6.45) is 0.797. The van der Waals surface area contributed by atoms with Crippen LogP contribution in [0.1, 0.15) is 41.8 Å². The number of carbonyl (C=O) groups excluding carboxylic acids is 2. The summed E-state index contributed by atoms with van der Waals surface area (Å²) in [7, 11) is 0. The van der Waals surface area contributed by atoms with Crippen LogP contribution >= 0.6 is 23.1 Å². The number of amides is 1. The van der Waals surface area contributed by atoms with Gasteiger partial charge < -0.3 is 14.6 Å². The van der Waals surface area contributed by atoms with Gasteiger partial charge in [0.2, 0.25) is 5.91 Å². The van der Waals surface area contributed by atoms with E-state index in [4.69, 9.17) is 4.74 Å². The highest BCUT2D eigenvalue weighted by molar-refractivity contribution is 7.99. The fourth-order valence-electron chi connectivity index (χ4n) is 2.27. The van der Waals surface area contributed by atoms with E-state index in [9.17, 15) is 9.59 Å². The molecule has 0 aliphatic rings. The molecule has 0 saturated carbocycles. The molecule has 1 N–H and O–H groups in total. The van der Waals surface area contributed by atoms with E-state index < -0.39 is 5.97 Å². The number of thioether (sulfide) groups is 1. The number of anilines is 1. The molecule has 0 atom stereocenters. The normalized spacial score (nSPS) is 10.7. The van der Waals surface area contributed by atoms with Crippen LogP contribution in [0.15, 0.2) is 11.2 Å². The molecule has 9 heteroatoms. The lowest BCUT2D eigenvalue weighted by Gasteiger charge is -2.07. The molecule has 0 fully saturated rings. The van der Waals surface area contributed by atoms with Crippen LogP contribution in [0.2, 0.25) is 0 Å². The number of carbonyl (C=O) groups is 2. The Bertz CT molecular complexity index is 755. The van der Waals surface area contributed by atoms with Gasteiger partial charge in [-0.1, -0.05) is 18.7 Å². The smallest absolute Gasteiger partial charge is 0.341 e. The van der Waals surface area contributed by atoms with E-state index in [0.29, 0.717) is 17.2 Å². The molecule has 0 aliphatic carbocycles. The number of aryl methyl sites for hydroxylation is 2. The van der Waals surface area contributed by atoms with Crippen LogP contribution in [-0.4, -0.2) is 39.0 Å². The molecule has 0 radical (unpaired) electrons. The van der Waals surface area contributed by atoms with E-state index >= 15 is 0 Å². The average Bonchev–Trinajstić information content (AvgIpc) is 3.15. The van der Waals surface area contributed by atoms with Crippen molar-refractivity contribution in [3.8, 4) is 0 Å². The number of hydrogen-bond acceptors (Lipinski definition) is 7. The standard InChI is InChI=1S/C16H22N4O3S2/c1-5-12-18-19-16(20(12)6-2)24-9-13(21)17-14-11(8-10(4)25-14)15(22)23-7-3/h8H,5-7,9H2,1-4H3,(H,17,21). The molecule has 1 amide bonds. The third-order valence-electron chi connectivity index (χ3n) is 3.36. The van der Waals surface area contributed by atoms with E-state index in [1.165, 1.54) is 23.1 Å². The van der Waals surface area contributed by atoms with Crippen LogP contribution < -0.4 is 5.32 Å². The first kappa shape index (κ1) is 19.5. The van der Waals surface area contributed by atoms with E-state index in [0.717, 1.165) is 28.8 Å². The van der Waals surface area contributed by atoms with E-state index in [-0.39, 0.29) is 11.7 Å². The lowest BCUT2D eigenvalue weighted by Crippen LogP contribution is -2.16. The number of nitrogens with one attached hydrogen (secondary N) is 1. The van der Waals surface area contributed by atoms with Gasteiger partial charge in [-0.3, -0.25) is 4.79 Å². The van der Waals surface area contributed by atoms with Crippen LogP contribution in [0.3, 0.4) is 0 Å². The largest absolute Gasteiger partial charge is 0.462 e. The monoisotopic (exact) mass is 382 g/mol. The van der Waals surface area contributed by atoms with Crippen molar-refractivity contribution < 1.29 is 14.3 Å². The van der Waals surface area contributed by atoms with Crippen molar-refractivity contribution in [3.63, 3.8) is 0 Å². The summed E-state index contributed by atoms with van der Waals surface area (Å²) >= 11 is 2.69. The van der Waals surface area contributed by atoms with Gasteiger partial charge in [-0.2, -0.15) is 0 Å². The lowest BCUT2D eigenvalue weighted by atomic mass is 10.3. The van der Waals surface area contributed by atoms with Crippen molar-refractivity contribution in [2.45, 2.75) is 45.8 Å². The fourth-order valence-corrected chi connectivity index (χ4v) is 4.00. The molecule has 0 saturated heterocycles. The predicted molar refractivity (Wildman–Crippen MR) is 99.4 cm³/mol. The lowest BCUT2D eigenvalue weighted by molar-refractivity contribution is -0.113. The molecule has 2 aromatic rings. The van der Waals surface area contributed by atoms with Crippen LogP contribution in [0.4, 0.5) is 5.00 Å². The minimum absolute atomic E-state index is 0.193. The maximum Gasteiger partial charge on any atom is 0.341 e. The topological polar surface area (TPSA) is 86.1 Å². The molecule has 2 heterocycles. The van der Waals surface area contributed by atoms with Crippen LogP contribution in [0.25, 0.3) is 0 Å². The molecule has 136 valence electrons. The zero-order valence-electron chi connectivity index (χ0n) is 14.8. The Labute approximate surface area is 155 Å². The molecule has 0 unspecified atom stereocenters. The first-order chi connectivity index (χ1) is 12.0. The van der Waals surface area contributed by atoms with Gasteiger partial charge >= 0.3 is 5.97 Å². The Morgan fingerprint density at radius 1 is 1.32 bits per heavy atom. The van der Waals surface area contributed by atoms with Crippen molar-refractivity contribution in [1.29, 1.82) is 0 Å².